The molecule has 1 atom stereocenters. The number of nitrogens with zero attached hydrogens (tertiary/aromatic N) is 2. The number of piperazine rings is 1. The smallest absolute Gasteiger partial charge is 0.255 e. The Morgan fingerprint density at radius 2 is 2.19 bits per heavy atom. The van der Waals surface area contributed by atoms with Gasteiger partial charge in [0.05, 0.1) is 11.6 Å². The number of nitrogens with one attached hydrogen (secondary N) is 2. The molecule has 1 unspecified atom stereocenters. The first-order chi connectivity index (χ1) is 7.58. The predicted molar refractivity (Wildman–Crippen MR) is 62.6 cm³/mol. The molecule has 88 valence electrons. The summed E-state index contributed by atoms with van der Waals surface area (Å²) in [6.45, 7) is 6.49. The van der Waals surface area contributed by atoms with Crippen LogP contribution in [0.25, 0.3) is 0 Å². The van der Waals surface area contributed by atoms with Crippen LogP contribution in [-0.4, -0.2) is 41.5 Å². The molecule has 1 aromatic rings. The van der Waals surface area contributed by atoms with Crippen LogP contribution in [0.5, 0.6) is 0 Å². The number of rotatable bonds is 1. The third kappa shape index (κ3) is 2.15. The lowest BCUT2D eigenvalue weighted by Gasteiger charge is -2.31. The lowest BCUT2D eigenvalue weighted by molar-refractivity contribution is 0.239. The summed E-state index contributed by atoms with van der Waals surface area (Å²) in [5, 5.41) is 3.37. The molecule has 0 saturated carbocycles. The van der Waals surface area contributed by atoms with Crippen molar-refractivity contribution < 1.29 is 0 Å². The first kappa shape index (κ1) is 11.3. The molecular weight excluding hydrogens is 204 g/mol. The second-order valence-electron chi connectivity index (χ2n) is 4.42. The topological polar surface area (TPSA) is 61.0 Å². The number of hydrogen-bond donors (Lipinski definition) is 2. The highest BCUT2D eigenvalue weighted by Gasteiger charge is 2.23. The summed E-state index contributed by atoms with van der Waals surface area (Å²) in [6, 6.07) is 0.0931. The zero-order valence-corrected chi connectivity index (χ0v) is 10.0. The average molecular weight is 222 g/mol. The van der Waals surface area contributed by atoms with Crippen LogP contribution < -0.4 is 10.9 Å². The van der Waals surface area contributed by atoms with E-state index >= 15 is 0 Å². The van der Waals surface area contributed by atoms with Crippen LogP contribution in [0.3, 0.4) is 0 Å². The Morgan fingerprint density at radius 3 is 2.81 bits per heavy atom. The van der Waals surface area contributed by atoms with Gasteiger partial charge in [0.2, 0.25) is 0 Å². The van der Waals surface area contributed by atoms with Crippen molar-refractivity contribution in [3.8, 4) is 0 Å². The van der Waals surface area contributed by atoms with E-state index in [1.165, 1.54) is 0 Å². The van der Waals surface area contributed by atoms with Crippen LogP contribution in [0.2, 0.25) is 0 Å². The molecule has 2 heterocycles. The zero-order valence-electron chi connectivity index (χ0n) is 10.0. The van der Waals surface area contributed by atoms with E-state index in [-0.39, 0.29) is 11.6 Å². The standard InChI is InChI=1S/C11H18N4O/c1-7-10(11(16)14-8(2)13-7)9-6-15(3)5-4-12-9/h9,12H,4-6H2,1-3H3,(H,13,14,16). The van der Waals surface area contributed by atoms with E-state index in [1.807, 2.05) is 6.92 Å². The summed E-state index contributed by atoms with van der Waals surface area (Å²) in [6.07, 6.45) is 0. The summed E-state index contributed by atoms with van der Waals surface area (Å²) in [4.78, 5) is 21.2. The molecule has 0 radical (unpaired) electrons. The Hall–Kier alpha value is -1.20. The predicted octanol–water partition coefficient (Wildman–Crippen LogP) is -0.0372. The SMILES string of the molecule is Cc1nc(C)c(C2CN(C)CCN2)c(=O)[nH]1. The van der Waals surface area contributed by atoms with Crippen molar-refractivity contribution >= 4 is 0 Å². The third-order valence-electron chi connectivity index (χ3n) is 2.99. The summed E-state index contributed by atoms with van der Waals surface area (Å²) >= 11 is 0. The second-order valence-corrected chi connectivity index (χ2v) is 4.42. The average Bonchev–Trinajstić information content (AvgIpc) is 2.15. The van der Waals surface area contributed by atoms with Gasteiger partial charge in [0, 0.05) is 25.3 Å². The van der Waals surface area contributed by atoms with Gasteiger partial charge in [-0.05, 0) is 20.9 Å². The van der Waals surface area contributed by atoms with E-state index < -0.39 is 0 Å². The maximum Gasteiger partial charge on any atom is 0.255 e. The van der Waals surface area contributed by atoms with Crippen LogP contribution in [0, 0.1) is 13.8 Å². The molecule has 1 fully saturated rings. The molecule has 0 bridgehead atoms. The van der Waals surface area contributed by atoms with Gasteiger partial charge in [-0.3, -0.25) is 4.79 Å². The van der Waals surface area contributed by atoms with Gasteiger partial charge in [0.25, 0.3) is 5.56 Å². The van der Waals surface area contributed by atoms with Crippen LogP contribution in [-0.2, 0) is 0 Å². The fraction of sp³-hybridized carbons (Fsp3) is 0.636. The van der Waals surface area contributed by atoms with Gasteiger partial charge in [0.1, 0.15) is 5.82 Å². The van der Waals surface area contributed by atoms with Gasteiger partial charge in [-0.2, -0.15) is 0 Å². The van der Waals surface area contributed by atoms with Crippen molar-refractivity contribution in [2.45, 2.75) is 19.9 Å². The van der Waals surface area contributed by atoms with E-state index in [4.69, 9.17) is 0 Å². The molecule has 1 aromatic heterocycles. The first-order valence-corrected chi connectivity index (χ1v) is 5.57. The number of aryl methyl sites for hydroxylation is 2. The van der Waals surface area contributed by atoms with Gasteiger partial charge in [0.15, 0.2) is 0 Å². The van der Waals surface area contributed by atoms with Crippen LogP contribution in [0.15, 0.2) is 4.79 Å². The maximum atomic E-state index is 11.9. The van der Waals surface area contributed by atoms with Crippen LogP contribution in [0.1, 0.15) is 23.1 Å². The molecule has 2 N–H and O–H groups in total. The van der Waals surface area contributed by atoms with Crippen molar-refractivity contribution in [2.24, 2.45) is 0 Å². The molecule has 1 aliphatic rings. The minimum atomic E-state index is -0.0159. The Morgan fingerprint density at radius 1 is 1.44 bits per heavy atom. The fourth-order valence-corrected chi connectivity index (χ4v) is 2.24. The van der Waals surface area contributed by atoms with Crippen molar-refractivity contribution in [3.63, 3.8) is 0 Å². The Labute approximate surface area is 94.9 Å². The Bertz CT molecular complexity index is 440. The van der Waals surface area contributed by atoms with E-state index in [2.05, 4.69) is 27.2 Å². The van der Waals surface area contributed by atoms with Crippen molar-refractivity contribution in [2.75, 3.05) is 26.7 Å². The van der Waals surface area contributed by atoms with Crippen LogP contribution >= 0.6 is 0 Å². The minimum Gasteiger partial charge on any atom is -0.310 e. The van der Waals surface area contributed by atoms with Gasteiger partial charge in [-0.25, -0.2) is 4.98 Å². The summed E-state index contributed by atoms with van der Waals surface area (Å²) < 4.78 is 0. The normalized spacial score (nSPS) is 22.3. The molecule has 0 aromatic carbocycles. The Balaban J connectivity index is 2.36. The lowest BCUT2D eigenvalue weighted by atomic mass is 10.0. The van der Waals surface area contributed by atoms with E-state index in [0.29, 0.717) is 5.82 Å². The van der Waals surface area contributed by atoms with E-state index in [9.17, 15) is 4.79 Å². The largest absolute Gasteiger partial charge is 0.310 e. The highest BCUT2D eigenvalue weighted by atomic mass is 16.1. The summed E-state index contributed by atoms with van der Waals surface area (Å²) in [5.41, 5.74) is 1.59. The van der Waals surface area contributed by atoms with Crippen LogP contribution in [0.4, 0.5) is 0 Å². The number of aromatic nitrogens is 2. The summed E-state index contributed by atoms with van der Waals surface area (Å²) in [7, 11) is 2.07. The fourth-order valence-electron chi connectivity index (χ4n) is 2.24. The van der Waals surface area contributed by atoms with Crippen molar-refractivity contribution in [1.29, 1.82) is 0 Å². The number of aromatic amines is 1. The van der Waals surface area contributed by atoms with Gasteiger partial charge >= 0.3 is 0 Å². The van der Waals surface area contributed by atoms with Gasteiger partial charge < -0.3 is 15.2 Å². The first-order valence-electron chi connectivity index (χ1n) is 5.57. The monoisotopic (exact) mass is 222 g/mol. The van der Waals surface area contributed by atoms with E-state index in [0.717, 1.165) is 30.9 Å². The molecule has 0 amide bonds. The molecular formula is C11H18N4O. The molecule has 0 aliphatic carbocycles. The van der Waals surface area contributed by atoms with Gasteiger partial charge in [-0.1, -0.05) is 0 Å². The molecule has 5 nitrogen and oxygen atoms in total. The molecule has 2 rings (SSSR count). The van der Waals surface area contributed by atoms with E-state index in [1.54, 1.807) is 6.92 Å². The minimum absolute atomic E-state index is 0.0159. The molecule has 5 heteroatoms. The van der Waals surface area contributed by atoms with Crippen molar-refractivity contribution in [1.82, 2.24) is 20.2 Å². The lowest BCUT2D eigenvalue weighted by Crippen LogP contribution is -2.45. The van der Waals surface area contributed by atoms with Gasteiger partial charge in [-0.15, -0.1) is 0 Å². The highest BCUT2D eigenvalue weighted by Crippen LogP contribution is 2.15. The molecule has 0 spiro atoms. The Kier molecular flexibility index (Phi) is 3.07. The van der Waals surface area contributed by atoms with Crippen molar-refractivity contribution in [3.05, 3.63) is 27.4 Å². The number of likely N-dealkylation sites (N-methyl/N-ethyl adjacent to an activating group) is 1. The quantitative estimate of drug-likeness (QED) is 0.700. The number of H-pyrrole nitrogens is 1. The molecule has 16 heavy (non-hydrogen) atoms. The second kappa shape index (κ2) is 4.35. The maximum absolute atomic E-state index is 11.9. The highest BCUT2D eigenvalue weighted by molar-refractivity contribution is 5.21. The number of hydrogen-bond acceptors (Lipinski definition) is 4. The third-order valence-corrected chi connectivity index (χ3v) is 2.99. The molecule has 1 aliphatic heterocycles. The molecule has 1 saturated heterocycles. The summed E-state index contributed by atoms with van der Waals surface area (Å²) in [5.74, 6) is 0.676. The zero-order chi connectivity index (χ0) is 11.7.